The van der Waals surface area contributed by atoms with Crippen LogP contribution in [0.5, 0.6) is 0 Å². The lowest BCUT2D eigenvalue weighted by Crippen LogP contribution is -2.48. The minimum atomic E-state index is -0.561. The molecule has 0 saturated carbocycles. The smallest absolute Gasteiger partial charge is 0.338 e. The molecule has 1 aliphatic heterocycles. The summed E-state index contributed by atoms with van der Waals surface area (Å²) < 4.78 is 5.28. The van der Waals surface area contributed by atoms with Gasteiger partial charge in [-0.3, -0.25) is 4.90 Å². The van der Waals surface area contributed by atoms with Crippen LogP contribution < -0.4 is 5.32 Å². The first-order chi connectivity index (χ1) is 12.6. The summed E-state index contributed by atoms with van der Waals surface area (Å²) in [5.41, 5.74) is 1.91. The predicted octanol–water partition coefficient (Wildman–Crippen LogP) is 3.93. The molecule has 5 nitrogen and oxygen atoms in total. The van der Waals surface area contributed by atoms with E-state index in [9.17, 15) is 9.59 Å². The Balaban J connectivity index is 2.19. The van der Waals surface area contributed by atoms with Crippen LogP contribution in [0.3, 0.4) is 0 Å². The second-order valence-electron chi connectivity index (χ2n) is 6.07. The molecule has 1 aliphatic rings. The molecule has 1 heterocycles. The zero-order chi connectivity index (χ0) is 18.7. The molecule has 0 aromatic heterocycles. The minimum Gasteiger partial charge on any atom is -0.463 e. The zero-order valence-corrected chi connectivity index (χ0v) is 15.0. The molecule has 3 rings (SSSR count). The quantitative estimate of drug-likeness (QED) is 0.657. The van der Waals surface area contributed by atoms with Gasteiger partial charge in [0.15, 0.2) is 0 Å². The van der Waals surface area contributed by atoms with Gasteiger partial charge in [-0.2, -0.15) is 0 Å². The van der Waals surface area contributed by atoms with E-state index >= 15 is 0 Å². The Morgan fingerprint density at radius 3 is 2.73 bits per heavy atom. The molecule has 134 valence electrons. The molecule has 2 aromatic carbocycles. The van der Waals surface area contributed by atoms with Gasteiger partial charge in [0.2, 0.25) is 0 Å². The number of ether oxygens (including phenoxy) is 1. The first-order valence-corrected chi connectivity index (χ1v) is 8.63. The summed E-state index contributed by atoms with van der Waals surface area (Å²) in [6.45, 7) is 7.82. The van der Waals surface area contributed by atoms with E-state index in [-0.39, 0.29) is 12.6 Å². The molecule has 26 heavy (non-hydrogen) atoms. The number of esters is 1. The Morgan fingerprint density at radius 2 is 2.00 bits per heavy atom. The van der Waals surface area contributed by atoms with Gasteiger partial charge in [-0.15, -0.1) is 6.58 Å². The lowest BCUT2D eigenvalue weighted by atomic mass is 9.91. The van der Waals surface area contributed by atoms with Crippen molar-refractivity contribution in [3.63, 3.8) is 0 Å². The van der Waals surface area contributed by atoms with Crippen molar-refractivity contribution in [1.29, 1.82) is 0 Å². The maximum absolute atomic E-state index is 12.7. The molecule has 0 spiro atoms. The third-order valence-corrected chi connectivity index (χ3v) is 4.54. The summed E-state index contributed by atoms with van der Waals surface area (Å²) >= 11 is 0. The topological polar surface area (TPSA) is 58.6 Å². The number of amides is 2. The van der Waals surface area contributed by atoms with Crippen LogP contribution in [-0.2, 0) is 9.53 Å². The molecule has 0 saturated heterocycles. The van der Waals surface area contributed by atoms with Crippen LogP contribution in [0.2, 0.25) is 0 Å². The summed E-state index contributed by atoms with van der Waals surface area (Å²) in [5.74, 6) is -0.419. The molecule has 1 N–H and O–H groups in total. The van der Waals surface area contributed by atoms with Gasteiger partial charge in [-0.25, -0.2) is 9.59 Å². The van der Waals surface area contributed by atoms with E-state index in [0.29, 0.717) is 17.8 Å². The van der Waals surface area contributed by atoms with Gasteiger partial charge >= 0.3 is 12.0 Å². The van der Waals surface area contributed by atoms with E-state index in [4.69, 9.17) is 4.74 Å². The van der Waals surface area contributed by atoms with Crippen molar-refractivity contribution in [3.05, 3.63) is 72.0 Å². The average molecular weight is 350 g/mol. The lowest BCUT2D eigenvalue weighted by Gasteiger charge is -2.35. The monoisotopic (exact) mass is 350 g/mol. The van der Waals surface area contributed by atoms with E-state index < -0.39 is 12.0 Å². The van der Waals surface area contributed by atoms with Gasteiger partial charge in [0.1, 0.15) is 0 Å². The third-order valence-electron chi connectivity index (χ3n) is 4.54. The van der Waals surface area contributed by atoms with E-state index in [2.05, 4.69) is 11.9 Å². The number of urea groups is 1. The number of carbonyl (C=O) groups is 2. The van der Waals surface area contributed by atoms with Gasteiger partial charge in [0, 0.05) is 12.2 Å². The van der Waals surface area contributed by atoms with Crippen LogP contribution in [0, 0.1) is 0 Å². The highest BCUT2D eigenvalue weighted by Crippen LogP contribution is 2.34. The Labute approximate surface area is 152 Å². The number of nitrogens with one attached hydrogen (secondary N) is 1. The van der Waals surface area contributed by atoms with Crippen LogP contribution in [0.15, 0.2) is 66.4 Å². The van der Waals surface area contributed by atoms with Crippen LogP contribution in [-0.4, -0.2) is 30.1 Å². The van der Waals surface area contributed by atoms with Crippen LogP contribution in [0.1, 0.15) is 25.5 Å². The minimum absolute atomic E-state index is 0.256. The van der Waals surface area contributed by atoms with Crippen molar-refractivity contribution in [3.8, 4) is 0 Å². The van der Waals surface area contributed by atoms with E-state index in [1.807, 2.05) is 42.5 Å². The van der Waals surface area contributed by atoms with Gasteiger partial charge in [0.25, 0.3) is 0 Å². The molecule has 1 atom stereocenters. The maximum Gasteiger partial charge on any atom is 0.338 e. The summed E-state index contributed by atoms with van der Waals surface area (Å²) in [6.07, 6.45) is 1.63. The normalized spacial score (nSPS) is 17.2. The second kappa shape index (κ2) is 7.44. The number of fused-ring (bicyclic) bond motifs is 1. The van der Waals surface area contributed by atoms with Gasteiger partial charge in [-0.1, -0.05) is 48.5 Å². The highest BCUT2D eigenvalue weighted by atomic mass is 16.5. The molecule has 0 aliphatic carbocycles. The standard InChI is InChI=1S/C21H22N2O3/c1-4-13-23-14(3)18(20(24)26-5-2)19(22-21(23)25)17-12-8-10-15-9-6-7-11-16(15)17/h4,6-12,19H,1,5,13H2,2-3H3,(H,22,25). The number of nitrogens with zero attached hydrogens (tertiary/aromatic N) is 1. The number of hydrogen-bond acceptors (Lipinski definition) is 3. The molecule has 1 unspecified atom stereocenters. The van der Waals surface area contributed by atoms with Gasteiger partial charge in [0.05, 0.1) is 18.2 Å². The molecule has 2 amide bonds. The summed E-state index contributed by atoms with van der Waals surface area (Å²) in [4.78, 5) is 26.8. The number of rotatable bonds is 5. The maximum atomic E-state index is 12.7. The first-order valence-electron chi connectivity index (χ1n) is 8.63. The SMILES string of the molecule is C=CCN1C(=O)NC(c2cccc3ccccc23)C(C(=O)OCC)=C1C. The molecular weight excluding hydrogens is 328 g/mol. The molecule has 2 aromatic rings. The number of allylic oxidation sites excluding steroid dienone is 1. The Hall–Kier alpha value is -3.08. The Morgan fingerprint density at radius 1 is 1.27 bits per heavy atom. The lowest BCUT2D eigenvalue weighted by molar-refractivity contribution is -0.139. The Kier molecular flexibility index (Phi) is 5.07. The van der Waals surface area contributed by atoms with Crippen molar-refractivity contribution >= 4 is 22.8 Å². The van der Waals surface area contributed by atoms with Crippen molar-refractivity contribution in [2.24, 2.45) is 0 Å². The highest BCUT2D eigenvalue weighted by molar-refractivity contribution is 5.97. The average Bonchev–Trinajstić information content (AvgIpc) is 2.64. The van der Waals surface area contributed by atoms with Gasteiger partial charge in [-0.05, 0) is 30.2 Å². The fourth-order valence-electron chi connectivity index (χ4n) is 3.34. The molecule has 0 bridgehead atoms. The van der Waals surface area contributed by atoms with Gasteiger partial charge < -0.3 is 10.1 Å². The summed E-state index contributed by atoms with van der Waals surface area (Å²) in [6, 6.07) is 13.0. The Bertz CT molecular complexity index is 896. The molecular formula is C21H22N2O3. The van der Waals surface area contributed by atoms with Crippen molar-refractivity contribution in [2.45, 2.75) is 19.9 Å². The third kappa shape index (κ3) is 3.08. The molecule has 0 radical (unpaired) electrons. The molecule has 5 heteroatoms. The van der Waals surface area contributed by atoms with E-state index in [1.165, 1.54) is 4.90 Å². The molecule has 0 fully saturated rings. The zero-order valence-electron chi connectivity index (χ0n) is 15.0. The summed E-state index contributed by atoms with van der Waals surface area (Å²) in [7, 11) is 0. The summed E-state index contributed by atoms with van der Waals surface area (Å²) in [5, 5.41) is 5.00. The largest absolute Gasteiger partial charge is 0.463 e. The van der Waals surface area contributed by atoms with Crippen LogP contribution in [0.4, 0.5) is 4.79 Å². The fraction of sp³-hybridized carbons (Fsp3) is 0.238. The van der Waals surface area contributed by atoms with Crippen LogP contribution >= 0.6 is 0 Å². The predicted molar refractivity (Wildman–Crippen MR) is 101 cm³/mol. The van der Waals surface area contributed by atoms with E-state index in [1.54, 1.807) is 19.9 Å². The van der Waals surface area contributed by atoms with Crippen molar-refractivity contribution in [2.75, 3.05) is 13.2 Å². The number of benzene rings is 2. The highest BCUT2D eigenvalue weighted by Gasteiger charge is 2.36. The van der Waals surface area contributed by atoms with E-state index in [0.717, 1.165) is 16.3 Å². The second-order valence-corrected chi connectivity index (χ2v) is 6.07. The number of hydrogen-bond donors (Lipinski definition) is 1. The fourth-order valence-corrected chi connectivity index (χ4v) is 3.34. The number of carbonyl (C=O) groups excluding carboxylic acids is 2. The van der Waals surface area contributed by atoms with Crippen molar-refractivity contribution < 1.29 is 14.3 Å². The van der Waals surface area contributed by atoms with Crippen molar-refractivity contribution in [1.82, 2.24) is 10.2 Å². The van der Waals surface area contributed by atoms with Crippen LogP contribution in [0.25, 0.3) is 10.8 Å². The first kappa shape index (κ1) is 17.7.